The average molecular weight is 484 g/mol. The van der Waals surface area contributed by atoms with Crippen LogP contribution >= 0.6 is 0 Å². The van der Waals surface area contributed by atoms with Crippen LogP contribution in [-0.2, 0) is 20.8 Å². The number of carbonyl (C=O) groups is 2. The molecule has 0 aromatic heterocycles. The number of halogens is 1. The Morgan fingerprint density at radius 1 is 1.20 bits per heavy atom. The van der Waals surface area contributed by atoms with Crippen LogP contribution in [0.25, 0.3) is 0 Å². The van der Waals surface area contributed by atoms with Gasteiger partial charge in [0.25, 0.3) is 0 Å². The molecule has 3 aliphatic rings. The molecule has 0 bridgehead atoms. The molecule has 186 valence electrons. The zero-order valence-corrected chi connectivity index (χ0v) is 20.0. The molecule has 8 nitrogen and oxygen atoms in total. The Morgan fingerprint density at radius 3 is 2.57 bits per heavy atom. The lowest BCUT2D eigenvalue weighted by molar-refractivity contribution is -0.213. The number of rotatable bonds is 5. The number of carbonyl (C=O) groups excluding carboxylic acids is 2. The predicted octanol–water partition coefficient (Wildman–Crippen LogP) is 3.04. The van der Waals surface area contributed by atoms with Gasteiger partial charge >= 0.3 is 12.0 Å². The molecule has 0 saturated carbocycles. The van der Waals surface area contributed by atoms with Crippen LogP contribution in [0.4, 0.5) is 14.9 Å². The van der Waals surface area contributed by atoms with E-state index >= 15 is 4.39 Å². The number of hydrogen-bond donors (Lipinski definition) is 1. The molecule has 3 fully saturated rings. The summed E-state index contributed by atoms with van der Waals surface area (Å²) in [6.45, 7) is 6.42. The first-order valence-corrected chi connectivity index (χ1v) is 11.8. The molecule has 1 spiro atoms. The third-order valence-corrected chi connectivity index (χ3v) is 7.06. The molecule has 5 rings (SSSR count). The fourth-order valence-corrected chi connectivity index (χ4v) is 4.97. The Bertz CT molecular complexity index is 1120. The van der Waals surface area contributed by atoms with Gasteiger partial charge in [0.05, 0.1) is 45.1 Å². The van der Waals surface area contributed by atoms with Crippen LogP contribution < -0.4 is 10.2 Å². The minimum absolute atomic E-state index is 0.0184. The molecule has 0 aliphatic carbocycles. The van der Waals surface area contributed by atoms with Crippen LogP contribution in [0.1, 0.15) is 33.2 Å². The Kier molecular flexibility index (Phi) is 6.48. The van der Waals surface area contributed by atoms with E-state index in [2.05, 4.69) is 16.1 Å². The third kappa shape index (κ3) is 4.51. The van der Waals surface area contributed by atoms with Gasteiger partial charge in [-0.3, -0.25) is 4.90 Å². The number of urea groups is 1. The van der Waals surface area contributed by atoms with Crippen molar-refractivity contribution in [3.05, 3.63) is 64.5 Å². The number of nitrogens with zero attached hydrogens (tertiary/aromatic N) is 2. The maximum atomic E-state index is 15.0. The van der Waals surface area contributed by atoms with Gasteiger partial charge in [-0.1, -0.05) is 12.1 Å². The van der Waals surface area contributed by atoms with E-state index in [9.17, 15) is 9.59 Å². The van der Waals surface area contributed by atoms with E-state index in [0.717, 1.165) is 36.9 Å². The molecular formula is C26H30FN3O5. The van der Waals surface area contributed by atoms with E-state index in [0.29, 0.717) is 37.6 Å². The van der Waals surface area contributed by atoms with Crippen molar-refractivity contribution in [2.24, 2.45) is 5.41 Å². The minimum Gasteiger partial charge on any atom is -0.465 e. The second-order valence-corrected chi connectivity index (χ2v) is 9.52. The number of methoxy groups -OCH3 is 1. The first kappa shape index (κ1) is 23.7. The Labute approximate surface area is 203 Å². The zero-order valence-electron chi connectivity index (χ0n) is 20.0. The molecule has 1 atom stereocenters. The van der Waals surface area contributed by atoms with Gasteiger partial charge in [-0.05, 0) is 42.3 Å². The van der Waals surface area contributed by atoms with E-state index < -0.39 is 11.8 Å². The van der Waals surface area contributed by atoms with Gasteiger partial charge in [-0.15, -0.1) is 0 Å². The minimum atomic E-state index is -0.611. The normalized spacial score (nSPS) is 20.7. The van der Waals surface area contributed by atoms with Crippen molar-refractivity contribution in [2.45, 2.75) is 19.6 Å². The number of amides is 2. The lowest BCUT2D eigenvalue weighted by atomic mass is 9.70. The van der Waals surface area contributed by atoms with Crippen molar-refractivity contribution in [3.8, 4) is 0 Å². The largest absolute Gasteiger partial charge is 0.465 e. The van der Waals surface area contributed by atoms with Crippen LogP contribution in [-0.4, -0.2) is 70.0 Å². The molecule has 9 heteroatoms. The van der Waals surface area contributed by atoms with E-state index in [1.165, 1.54) is 19.2 Å². The Morgan fingerprint density at radius 2 is 1.97 bits per heavy atom. The van der Waals surface area contributed by atoms with Gasteiger partial charge in [-0.2, -0.15) is 0 Å². The molecule has 2 amide bonds. The lowest BCUT2D eigenvalue weighted by Crippen LogP contribution is -2.65. The summed E-state index contributed by atoms with van der Waals surface area (Å²) < 4.78 is 31.1. The third-order valence-electron chi connectivity index (χ3n) is 7.06. The molecule has 35 heavy (non-hydrogen) atoms. The molecule has 1 unspecified atom stereocenters. The second-order valence-electron chi connectivity index (χ2n) is 9.52. The number of benzene rings is 2. The highest BCUT2D eigenvalue weighted by Crippen LogP contribution is 2.49. The van der Waals surface area contributed by atoms with Crippen LogP contribution in [0.2, 0.25) is 0 Å². The van der Waals surface area contributed by atoms with Crippen molar-refractivity contribution in [1.82, 2.24) is 10.2 Å². The quantitative estimate of drug-likeness (QED) is 0.659. The highest BCUT2D eigenvalue weighted by atomic mass is 19.1. The van der Waals surface area contributed by atoms with E-state index in [1.54, 1.807) is 9.80 Å². The van der Waals surface area contributed by atoms with Gasteiger partial charge in [0.2, 0.25) is 0 Å². The molecule has 2 aromatic carbocycles. The highest BCUT2D eigenvalue weighted by Gasteiger charge is 2.53. The zero-order chi connectivity index (χ0) is 24.6. The number of esters is 1. The summed E-state index contributed by atoms with van der Waals surface area (Å²) in [6.07, 6.45) is -0.0289. The van der Waals surface area contributed by atoms with Crippen LogP contribution in [0.5, 0.6) is 0 Å². The van der Waals surface area contributed by atoms with E-state index in [4.69, 9.17) is 9.47 Å². The Hall–Kier alpha value is -3.01. The maximum Gasteiger partial charge on any atom is 0.337 e. The van der Waals surface area contributed by atoms with Gasteiger partial charge in [-0.25, -0.2) is 14.0 Å². The summed E-state index contributed by atoms with van der Waals surface area (Å²) in [7, 11) is 1.25. The topological polar surface area (TPSA) is 80.3 Å². The summed E-state index contributed by atoms with van der Waals surface area (Å²) in [6, 6.07) is 9.99. The van der Waals surface area contributed by atoms with Gasteiger partial charge in [0.1, 0.15) is 5.82 Å². The van der Waals surface area contributed by atoms with Crippen molar-refractivity contribution < 1.29 is 28.2 Å². The monoisotopic (exact) mass is 483 g/mol. The first-order chi connectivity index (χ1) is 16.9. The van der Waals surface area contributed by atoms with Crippen molar-refractivity contribution in [3.63, 3.8) is 0 Å². The fraction of sp³-hybridized carbons (Fsp3) is 0.462. The molecule has 3 aliphatic heterocycles. The standard InChI is InChI=1S/C26H30FN3O5/c1-17-9-20(23-26(16-35-23)14-28-15-26)11-21(10-17)30(25(32)29-5-7-34-8-6-29)13-19-4-3-18(12-22(19)27)24(31)33-2/h3-4,9-12,23,28H,5-8,13-16H2,1-2H3. The Balaban J connectivity index is 1.48. The number of nitrogens with one attached hydrogen (secondary N) is 1. The number of morpholine rings is 1. The number of ether oxygens (including phenoxy) is 3. The average Bonchev–Trinajstić information content (AvgIpc) is 2.81. The first-order valence-electron chi connectivity index (χ1n) is 11.8. The van der Waals surface area contributed by atoms with Gasteiger partial charge in [0.15, 0.2) is 0 Å². The summed E-state index contributed by atoms with van der Waals surface area (Å²) in [4.78, 5) is 28.8. The van der Waals surface area contributed by atoms with Crippen molar-refractivity contribution >= 4 is 17.7 Å². The van der Waals surface area contributed by atoms with E-state index in [1.807, 2.05) is 19.1 Å². The molecular weight excluding hydrogens is 453 g/mol. The summed E-state index contributed by atoms with van der Waals surface area (Å²) in [5.41, 5.74) is 3.25. The van der Waals surface area contributed by atoms with Crippen molar-refractivity contribution in [2.75, 3.05) is 58.0 Å². The molecule has 1 N–H and O–H groups in total. The summed E-state index contributed by atoms with van der Waals surface area (Å²) in [5, 5.41) is 3.33. The van der Waals surface area contributed by atoms with Crippen LogP contribution in [0, 0.1) is 18.2 Å². The number of hydrogen-bond acceptors (Lipinski definition) is 6. The van der Waals surface area contributed by atoms with Gasteiger partial charge < -0.3 is 24.4 Å². The van der Waals surface area contributed by atoms with E-state index in [-0.39, 0.29) is 29.7 Å². The number of aryl methyl sites for hydroxylation is 1. The summed E-state index contributed by atoms with van der Waals surface area (Å²) in [5.74, 6) is -1.18. The fourth-order valence-electron chi connectivity index (χ4n) is 4.97. The lowest BCUT2D eigenvalue weighted by Gasteiger charge is -2.55. The molecule has 0 radical (unpaired) electrons. The second kappa shape index (κ2) is 9.56. The predicted molar refractivity (Wildman–Crippen MR) is 127 cm³/mol. The highest BCUT2D eigenvalue weighted by molar-refractivity contribution is 5.92. The SMILES string of the molecule is COC(=O)c1ccc(CN(C(=O)N2CCOCC2)c2cc(C)cc(C3OCC34CNC4)c2)c(F)c1. The molecule has 2 aromatic rings. The maximum absolute atomic E-state index is 15.0. The van der Waals surface area contributed by atoms with Crippen LogP contribution in [0.3, 0.4) is 0 Å². The van der Waals surface area contributed by atoms with Gasteiger partial charge in [0, 0.05) is 42.8 Å². The molecule has 3 heterocycles. The number of anilines is 1. The van der Waals surface area contributed by atoms with Crippen LogP contribution in [0.15, 0.2) is 36.4 Å². The smallest absolute Gasteiger partial charge is 0.337 e. The summed E-state index contributed by atoms with van der Waals surface area (Å²) >= 11 is 0. The van der Waals surface area contributed by atoms with Crippen molar-refractivity contribution in [1.29, 1.82) is 0 Å². The molecule has 3 saturated heterocycles.